The Labute approximate surface area is 310 Å². The van der Waals surface area contributed by atoms with Crippen molar-refractivity contribution in [2.45, 2.75) is 52.5 Å². The molecule has 0 spiro atoms. The molecule has 3 amide bonds. The number of imide groups is 1. The zero-order valence-electron chi connectivity index (χ0n) is 29.0. The lowest BCUT2D eigenvalue weighted by molar-refractivity contribution is -0.122. The third-order valence-corrected chi connectivity index (χ3v) is 10.6. The molecule has 0 aliphatic carbocycles. The number of carbonyl (C=O) groups excluding carboxylic acids is 3. The molecule has 0 unspecified atom stereocenters. The average molecular weight is 737 g/mol. The minimum Gasteiger partial charge on any atom is -0.456 e. The molecule has 266 valence electrons. The second kappa shape index (κ2) is 15.2. The van der Waals surface area contributed by atoms with Crippen LogP contribution in [-0.4, -0.2) is 58.0 Å². The molecular formula is C39H37ClN6O5S. The molecule has 0 fully saturated rings. The number of amides is 3. The molecule has 0 saturated carbocycles. The first-order valence-corrected chi connectivity index (χ1v) is 18.3. The van der Waals surface area contributed by atoms with Gasteiger partial charge in [0.2, 0.25) is 11.8 Å². The molecule has 52 heavy (non-hydrogen) atoms. The van der Waals surface area contributed by atoms with Crippen LogP contribution in [0, 0.1) is 20.8 Å². The number of carbonyl (C=O) groups is 3. The topological polar surface area (TPSA) is 137 Å². The van der Waals surface area contributed by atoms with Crippen LogP contribution in [0.3, 0.4) is 0 Å². The average Bonchev–Trinajstić information content (AvgIpc) is 3.60. The quantitative estimate of drug-likeness (QED) is 0.109. The van der Waals surface area contributed by atoms with Gasteiger partial charge in [-0.15, -0.1) is 21.5 Å². The van der Waals surface area contributed by atoms with Gasteiger partial charge in [0.15, 0.2) is 5.82 Å². The summed E-state index contributed by atoms with van der Waals surface area (Å²) in [5.41, 5.74) is 5.87. The number of hydrogen-bond acceptors (Lipinski definition) is 9. The van der Waals surface area contributed by atoms with E-state index in [1.807, 2.05) is 60.0 Å². The van der Waals surface area contributed by atoms with Crippen molar-refractivity contribution in [3.63, 3.8) is 0 Å². The SMILES string of the molecule is Cc1sc2c(c1C)C(c1ccc(Cl)cc1)=N[C@@H](CC(=O)NCCOCCCc1ccccc1Oc1cccc3c1C(=O)NC(=O)C3)c1nnc(C)n1-2. The number of hydrogen-bond donors (Lipinski definition) is 2. The molecule has 2 N–H and O–H groups in total. The Morgan fingerprint density at radius 3 is 2.60 bits per heavy atom. The Balaban J connectivity index is 0.944. The van der Waals surface area contributed by atoms with E-state index in [0.717, 1.165) is 45.2 Å². The van der Waals surface area contributed by atoms with Gasteiger partial charge in [-0.2, -0.15) is 0 Å². The highest BCUT2D eigenvalue weighted by Crippen LogP contribution is 2.39. The smallest absolute Gasteiger partial charge is 0.261 e. The van der Waals surface area contributed by atoms with Crippen molar-refractivity contribution in [2.75, 3.05) is 19.8 Å². The summed E-state index contributed by atoms with van der Waals surface area (Å²) < 4.78 is 14.1. The second-order valence-corrected chi connectivity index (χ2v) is 14.4. The number of thiophene rings is 1. The van der Waals surface area contributed by atoms with Crippen molar-refractivity contribution in [2.24, 2.45) is 4.99 Å². The summed E-state index contributed by atoms with van der Waals surface area (Å²) in [6.45, 7) is 7.29. The molecule has 2 aliphatic heterocycles. The fraction of sp³-hybridized carbons (Fsp3) is 0.282. The van der Waals surface area contributed by atoms with Crippen LogP contribution in [0.4, 0.5) is 0 Å². The fourth-order valence-electron chi connectivity index (χ4n) is 6.51. The summed E-state index contributed by atoms with van der Waals surface area (Å²) in [6, 6.07) is 20.0. The summed E-state index contributed by atoms with van der Waals surface area (Å²) in [5.74, 6) is 1.48. The zero-order valence-corrected chi connectivity index (χ0v) is 30.6. The fourth-order valence-corrected chi connectivity index (χ4v) is 7.85. The molecule has 13 heteroatoms. The van der Waals surface area contributed by atoms with Crippen molar-refractivity contribution < 1.29 is 23.9 Å². The van der Waals surface area contributed by atoms with Gasteiger partial charge in [-0.1, -0.05) is 54.1 Å². The monoisotopic (exact) mass is 736 g/mol. The molecule has 3 aromatic carbocycles. The van der Waals surface area contributed by atoms with Crippen LogP contribution in [-0.2, 0) is 27.2 Å². The number of benzene rings is 3. The summed E-state index contributed by atoms with van der Waals surface area (Å²) in [6.07, 6.45) is 1.64. The van der Waals surface area contributed by atoms with Gasteiger partial charge < -0.3 is 14.8 Å². The third-order valence-electron chi connectivity index (χ3n) is 9.18. The highest BCUT2D eigenvalue weighted by molar-refractivity contribution is 7.15. The summed E-state index contributed by atoms with van der Waals surface area (Å²) in [5, 5.41) is 15.8. The summed E-state index contributed by atoms with van der Waals surface area (Å²) >= 11 is 7.89. The van der Waals surface area contributed by atoms with Gasteiger partial charge in [0.05, 0.1) is 30.7 Å². The van der Waals surface area contributed by atoms with Crippen LogP contribution < -0.4 is 15.4 Å². The molecule has 11 nitrogen and oxygen atoms in total. The number of aliphatic imine (C=N–C) groups is 1. The maximum Gasteiger partial charge on any atom is 0.261 e. The van der Waals surface area contributed by atoms with E-state index in [1.54, 1.807) is 29.5 Å². The minimum atomic E-state index is -0.548. The normalized spacial score (nSPS) is 14.8. The predicted molar refractivity (Wildman–Crippen MR) is 199 cm³/mol. The Hall–Kier alpha value is -5.17. The number of aromatic nitrogens is 3. The van der Waals surface area contributed by atoms with E-state index < -0.39 is 11.9 Å². The van der Waals surface area contributed by atoms with E-state index in [2.05, 4.69) is 34.7 Å². The van der Waals surface area contributed by atoms with Crippen molar-refractivity contribution in [1.29, 1.82) is 0 Å². The van der Waals surface area contributed by atoms with Gasteiger partial charge in [-0.3, -0.25) is 29.3 Å². The number of rotatable bonds is 12. The van der Waals surface area contributed by atoms with Gasteiger partial charge in [0.1, 0.15) is 28.4 Å². The third kappa shape index (κ3) is 7.27. The molecular weight excluding hydrogens is 700 g/mol. The number of nitrogens with zero attached hydrogens (tertiary/aromatic N) is 4. The number of ether oxygens (including phenoxy) is 2. The number of halogens is 1. The summed E-state index contributed by atoms with van der Waals surface area (Å²) in [7, 11) is 0. The number of fused-ring (bicyclic) bond motifs is 4. The predicted octanol–water partition coefficient (Wildman–Crippen LogP) is 6.56. The maximum absolute atomic E-state index is 13.3. The lowest BCUT2D eigenvalue weighted by Crippen LogP contribution is -2.37. The van der Waals surface area contributed by atoms with Gasteiger partial charge >= 0.3 is 0 Å². The van der Waals surface area contributed by atoms with Crippen LogP contribution >= 0.6 is 22.9 Å². The van der Waals surface area contributed by atoms with Crippen LogP contribution in [0.25, 0.3) is 5.00 Å². The van der Waals surface area contributed by atoms with E-state index in [9.17, 15) is 14.4 Å². The molecule has 7 rings (SSSR count). The molecule has 4 heterocycles. The highest BCUT2D eigenvalue weighted by Gasteiger charge is 2.32. The first-order valence-electron chi connectivity index (χ1n) is 17.1. The maximum atomic E-state index is 13.3. The molecule has 0 saturated heterocycles. The highest BCUT2D eigenvalue weighted by atomic mass is 35.5. The van der Waals surface area contributed by atoms with Crippen LogP contribution in [0.5, 0.6) is 11.5 Å². The van der Waals surface area contributed by atoms with Gasteiger partial charge in [0, 0.05) is 34.2 Å². The van der Waals surface area contributed by atoms with Crippen molar-refractivity contribution in [3.8, 4) is 16.5 Å². The lowest BCUT2D eigenvalue weighted by Gasteiger charge is -2.19. The number of para-hydroxylation sites is 1. The van der Waals surface area contributed by atoms with Crippen LogP contribution in [0.15, 0.2) is 71.7 Å². The van der Waals surface area contributed by atoms with Gasteiger partial charge in [-0.05, 0) is 74.6 Å². The van der Waals surface area contributed by atoms with E-state index in [0.29, 0.717) is 59.7 Å². The minimum absolute atomic E-state index is 0.0988. The largest absolute Gasteiger partial charge is 0.456 e. The second-order valence-electron chi connectivity index (χ2n) is 12.7. The van der Waals surface area contributed by atoms with Crippen LogP contribution in [0.2, 0.25) is 5.02 Å². The molecule has 0 radical (unpaired) electrons. The van der Waals surface area contributed by atoms with E-state index in [-0.39, 0.29) is 24.7 Å². The van der Waals surface area contributed by atoms with Crippen molar-refractivity contribution in [3.05, 3.63) is 122 Å². The zero-order chi connectivity index (χ0) is 36.4. The molecule has 2 aromatic heterocycles. The number of aryl methyl sites for hydroxylation is 3. The first kappa shape index (κ1) is 35.2. The Morgan fingerprint density at radius 1 is 0.981 bits per heavy atom. The van der Waals surface area contributed by atoms with Gasteiger partial charge in [0.25, 0.3) is 5.91 Å². The molecule has 0 bridgehead atoms. The molecule has 1 atom stereocenters. The summed E-state index contributed by atoms with van der Waals surface area (Å²) in [4.78, 5) is 44.0. The standard InChI is InChI=1S/C39H37ClN6O5S/c1-22-23(2)52-39-34(22)36(26-13-15-28(40)16-14-26)42-29(37-45-44-24(3)46(37)39)21-32(47)41-17-19-50-18-7-10-25-8-4-5-11-30(25)51-31-12-6-9-27-20-33(48)43-38(49)35(27)31/h4-6,8-9,11-16,29H,7,10,17-21H2,1-3H3,(H,41,47)(H,43,48,49)/t29-/m0/s1. The Kier molecular flexibility index (Phi) is 10.3. The Morgan fingerprint density at radius 2 is 1.77 bits per heavy atom. The van der Waals surface area contributed by atoms with E-state index in [1.165, 1.54) is 4.88 Å². The van der Waals surface area contributed by atoms with Crippen LogP contribution in [0.1, 0.15) is 73.6 Å². The lowest BCUT2D eigenvalue weighted by atomic mass is 9.99. The van der Waals surface area contributed by atoms with Crippen molar-refractivity contribution in [1.82, 2.24) is 25.4 Å². The number of nitrogens with one attached hydrogen (secondary N) is 2. The van der Waals surface area contributed by atoms with E-state index in [4.69, 9.17) is 26.1 Å². The Bertz CT molecular complexity index is 2210. The van der Waals surface area contributed by atoms with E-state index >= 15 is 0 Å². The molecule has 5 aromatic rings. The molecule has 2 aliphatic rings. The van der Waals surface area contributed by atoms with Crippen molar-refractivity contribution >= 4 is 46.4 Å². The first-order chi connectivity index (χ1) is 25.2. The van der Waals surface area contributed by atoms with Gasteiger partial charge in [-0.25, -0.2) is 0 Å².